The summed E-state index contributed by atoms with van der Waals surface area (Å²) in [6.07, 6.45) is 5.02. The Hall–Kier alpha value is -1.51. The Morgan fingerprint density at radius 3 is 2.69 bits per heavy atom. The molecule has 0 bridgehead atoms. The van der Waals surface area contributed by atoms with E-state index in [-0.39, 0.29) is 5.84 Å². The summed E-state index contributed by atoms with van der Waals surface area (Å²) in [5, 5.41) is 7.52. The highest BCUT2D eigenvalue weighted by Crippen LogP contribution is 2.27. The van der Waals surface area contributed by atoms with Crippen LogP contribution in [0, 0.1) is 12.3 Å². The molecule has 0 saturated heterocycles. The van der Waals surface area contributed by atoms with Crippen LogP contribution in [0.3, 0.4) is 0 Å². The van der Waals surface area contributed by atoms with Crippen molar-refractivity contribution in [2.75, 3.05) is 0 Å². The van der Waals surface area contributed by atoms with Crippen molar-refractivity contribution in [2.24, 2.45) is 5.73 Å². The molecule has 0 radical (unpaired) electrons. The molecule has 0 aromatic heterocycles. The summed E-state index contributed by atoms with van der Waals surface area (Å²) >= 11 is 0. The quantitative estimate of drug-likeness (QED) is 0.605. The molecule has 0 unspecified atom stereocenters. The number of rotatable bonds is 3. The van der Waals surface area contributed by atoms with Crippen LogP contribution in [0.5, 0.6) is 5.75 Å². The number of nitrogen functional groups attached to an aromatic ring is 1. The molecule has 1 aromatic carbocycles. The fraction of sp³-hybridized carbons (Fsp3) is 0.462. The molecule has 1 fully saturated rings. The molecule has 3 N–H and O–H groups in total. The monoisotopic (exact) mass is 218 g/mol. The van der Waals surface area contributed by atoms with Crippen molar-refractivity contribution in [3.8, 4) is 5.75 Å². The van der Waals surface area contributed by atoms with E-state index in [0.717, 1.165) is 24.2 Å². The lowest BCUT2D eigenvalue weighted by Gasteiger charge is -2.16. The Labute approximate surface area is 96.1 Å². The van der Waals surface area contributed by atoms with Gasteiger partial charge in [-0.3, -0.25) is 5.41 Å². The molecule has 1 aromatic rings. The topological polar surface area (TPSA) is 59.1 Å². The molecular weight excluding hydrogens is 200 g/mol. The highest BCUT2D eigenvalue weighted by Gasteiger charge is 2.18. The first kappa shape index (κ1) is 11.0. The normalized spacial score (nSPS) is 16.3. The summed E-state index contributed by atoms with van der Waals surface area (Å²) in [7, 11) is 0. The SMILES string of the molecule is Cc1ccc(C(=N)N)c(OC2CCCC2)c1. The van der Waals surface area contributed by atoms with Crippen LogP contribution in [0.25, 0.3) is 0 Å². The van der Waals surface area contributed by atoms with E-state index < -0.39 is 0 Å². The van der Waals surface area contributed by atoms with Crippen LogP contribution in [0.2, 0.25) is 0 Å². The van der Waals surface area contributed by atoms with E-state index >= 15 is 0 Å². The average Bonchev–Trinajstić information content (AvgIpc) is 2.70. The van der Waals surface area contributed by atoms with Gasteiger partial charge >= 0.3 is 0 Å². The van der Waals surface area contributed by atoms with Crippen LogP contribution < -0.4 is 10.5 Å². The van der Waals surface area contributed by atoms with Crippen LogP contribution >= 0.6 is 0 Å². The number of nitrogens with two attached hydrogens (primary N) is 1. The molecule has 0 amide bonds. The highest BCUT2D eigenvalue weighted by atomic mass is 16.5. The van der Waals surface area contributed by atoms with Gasteiger partial charge in [0.15, 0.2) is 0 Å². The highest BCUT2D eigenvalue weighted by molar-refractivity contribution is 5.97. The minimum atomic E-state index is 0.0768. The molecule has 1 aliphatic rings. The van der Waals surface area contributed by atoms with Gasteiger partial charge in [-0.05, 0) is 50.3 Å². The number of hydrogen-bond acceptors (Lipinski definition) is 2. The lowest BCUT2D eigenvalue weighted by molar-refractivity contribution is 0.209. The van der Waals surface area contributed by atoms with Gasteiger partial charge in [-0.15, -0.1) is 0 Å². The number of aryl methyl sites for hydroxylation is 1. The lowest BCUT2D eigenvalue weighted by atomic mass is 10.1. The average molecular weight is 218 g/mol. The van der Waals surface area contributed by atoms with Gasteiger partial charge in [0.1, 0.15) is 11.6 Å². The zero-order chi connectivity index (χ0) is 11.5. The first-order chi connectivity index (χ1) is 7.66. The van der Waals surface area contributed by atoms with Crippen molar-refractivity contribution in [1.82, 2.24) is 0 Å². The maximum atomic E-state index is 7.52. The van der Waals surface area contributed by atoms with E-state index in [1.54, 1.807) is 0 Å². The molecule has 86 valence electrons. The zero-order valence-electron chi connectivity index (χ0n) is 9.62. The van der Waals surface area contributed by atoms with Gasteiger partial charge in [0.25, 0.3) is 0 Å². The van der Waals surface area contributed by atoms with Crippen molar-refractivity contribution in [3.63, 3.8) is 0 Å². The molecule has 0 aliphatic heterocycles. The molecule has 1 saturated carbocycles. The standard InChI is InChI=1S/C13H18N2O/c1-9-6-7-11(13(14)15)12(8-9)16-10-4-2-3-5-10/h6-8,10H,2-5H2,1H3,(H3,14,15). The van der Waals surface area contributed by atoms with E-state index in [2.05, 4.69) is 0 Å². The Balaban J connectivity index is 2.22. The summed E-state index contributed by atoms with van der Waals surface area (Å²) < 4.78 is 5.93. The van der Waals surface area contributed by atoms with Gasteiger partial charge in [-0.2, -0.15) is 0 Å². The van der Waals surface area contributed by atoms with Gasteiger partial charge in [0.2, 0.25) is 0 Å². The smallest absolute Gasteiger partial charge is 0.130 e. The third-order valence-corrected chi connectivity index (χ3v) is 3.02. The molecule has 3 heteroatoms. The van der Waals surface area contributed by atoms with Crippen molar-refractivity contribution < 1.29 is 4.74 Å². The summed E-state index contributed by atoms with van der Waals surface area (Å²) in [5.41, 5.74) is 7.39. The first-order valence-corrected chi connectivity index (χ1v) is 5.78. The second-order valence-corrected chi connectivity index (χ2v) is 4.44. The van der Waals surface area contributed by atoms with Gasteiger partial charge < -0.3 is 10.5 Å². The fourth-order valence-electron chi connectivity index (χ4n) is 2.14. The van der Waals surface area contributed by atoms with Crippen LogP contribution in [0.4, 0.5) is 0 Å². The maximum absolute atomic E-state index is 7.52. The molecule has 1 aliphatic carbocycles. The zero-order valence-corrected chi connectivity index (χ0v) is 9.62. The molecule has 0 atom stereocenters. The Bertz CT molecular complexity index is 395. The lowest BCUT2D eigenvalue weighted by Crippen LogP contribution is -2.17. The van der Waals surface area contributed by atoms with E-state index in [9.17, 15) is 0 Å². The van der Waals surface area contributed by atoms with E-state index in [1.807, 2.05) is 25.1 Å². The molecule has 0 heterocycles. The number of ether oxygens (including phenoxy) is 1. The molecule has 3 nitrogen and oxygen atoms in total. The number of nitrogens with one attached hydrogen (secondary N) is 1. The fourth-order valence-corrected chi connectivity index (χ4v) is 2.14. The Kier molecular flexibility index (Phi) is 3.13. The molecule has 0 spiro atoms. The van der Waals surface area contributed by atoms with Crippen LogP contribution in [-0.4, -0.2) is 11.9 Å². The van der Waals surface area contributed by atoms with Gasteiger partial charge in [0.05, 0.1) is 11.7 Å². The van der Waals surface area contributed by atoms with Crippen molar-refractivity contribution >= 4 is 5.84 Å². The summed E-state index contributed by atoms with van der Waals surface area (Å²) in [4.78, 5) is 0. The first-order valence-electron chi connectivity index (χ1n) is 5.78. The predicted molar refractivity (Wildman–Crippen MR) is 65.1 cm³/mol. The maximum Gasteiger partial charge on any atom is 0.130 e. The van der Waals surface area contributed by atoms with Crippen molar-refractivity contribution in [2.45, 2.75) is 38.7 Å². The Morgan fingerprint density at radius 1 is 1.38 bits per heavy atom. The molecular formula is C13H18N2O. The van der Waals surface area contributed by atoms with Crippen molar-refractivity contribution in [3.05, 3.63) is 29.3 Å². The van der Waals surface area contributed by atoms with Gasteiger partial charge in [0, 0.05) is 0 Å². The summed E-state index contributed by atoms with van der Waals surface area (Å²) in [5.74, 6) is 0.840. The predicted octanol–water partition coefficient (Wildman–Crippen LogP) is 2.60. The van der Waals surface area contributed by atoms with E-state index in [0.29, 0.717) is 11.7 Å². The minimum absolute atomic E-state index is 0.0768. The van der Waals surface area contributed by atoms with Crippen LogP contribution in [0.1, 0.15) is 36.8 Å². The number of amidine groups is 1. The van der Waals surface area contributed by atoms with Crippen LogP contribution in [0.15, 0.2) is 18.2 Å². The number of hydrogen-bond donors (Lipinski definition) is 2. The Morgan fingerprint density at radius 2 is 2.06 bits per heavy atom. The third kappa shape index (κ3) is 2.35. The van der Waals surface area contributed by atoms with Crippen LogP contribution in [-0.2, 0) is 0 Å². The molecule has 2 rings (SSSR count). The summed E-state index contributed by atoms with van der Waals surface area (Å²) in [6, 6.07) is 5.79. The largest absolute Gasteiger partial charge is 0.490 e. The van der Waals surface area contributed by atoms with E-state index in [1.165, 1.54) is 12.8 Å². The van der Waals surface area contributed by atoms with Crippen molar-refractivity contribution in [1.29, 1.82) is 5.41 Å². The van der Waals surface area contributed by atoms with Gasteiger partial charge in [-0.25, -0.2) is 0 Å². The second kappa shape index (κ2) is 4.56. The number of benzene rings is 1. The second-order valence-electron chi connectivity index (χ2n) is 4.44. The third-order valence-electron chi connectivity index (χ3n) is 3.02. The van der Waals surface area contributed by atoms with Gasteiger partial charge in [-0.1, -0.05) is 6.07 Å². The molecule has 16 heavy (non-hydrogen) atoms. The minimum Gasteiger partial charge on any atom is -0.490 e. The van der Waals surface area contributed by atoms with E-state index in [4.69, 9.17) is 15.9 Å². The summed E-state index contributed by atoms with van der Waals surface area (Å²) in [6.45, 7) is 2.02.